The summed E-state index contributed by atoms with van der Waals surface area (Å²) in [5.41, 5.74) is 1.28. The largest absolute Gasteiger partial charge is 0.463 e. The maximum atomic E-state index is 11.6. The molecule has 0 amide bonds. The molecule has 0 aliphatic heterocycles. The summed E-state index contributed by atoms with van der Waals surface area (Å²) in [5, 5.41) is 0. The first-order valence-corrected chi connectivity index (χ1v) is 5.55. The molecule has 0 N–H and O–H groups in total. The molecule has 1 aromatic rings. The second kappa shape index (κ2) is 6.63. The molecule has 0 heterocycles. The van der Waals surface area contributed by atoms with E-state index in [1.54, 1.807) is 13.0 Å². The van der Waals surface area contributed by atoms with E-state index in [0.29, 0.717) is 12.2 Å². The molecule has 0 saturated heterocycles. The van der Waals surface area contributed by atoms with Crippen molar-refractivity contribution in [3.8, 4) is 0 Å². The van der Waals surface area contributed by atoms with Crippen molar-refractivity contribution < 1.29 is 14.3 Å². The first-order valence-electron chi connectivity index (χ1n) is 5.55. The molecule has 3 nitrogen and oxygen atoms in total. The van der Waals surface area contributed by atoms with Crippen LogP contribution in [0, 0.1) is 0 Å². The van der Waals surface area contributed by atoms with Crippen molar-refractivity contribution in [1.29, 1.82) is 0 Å². The van der Waals surface area contributed by atoms with Crippen LogP contribution in [0.3, 0.4) is 0 Å². The van der Waals surface area contributed by atoms with Crippen molar-refractivity contribution in [2.24, 2.45) is 0 Å². The van der Waals surface area contributed by atoms with Crippen molar-refractivity contribution in [2.75, 3.05) is 6.61 Å². The quantitative estimate of drug-likeness (QED) is 0.579. The van der Waals surface area contributed by atoms with E-state index in [1.165, 1.54) is 6.92 Å². The van der Waals surface area contributed by atoms with E-state index >= 15 is 0 Å². The van der Waals surface area contributed by atoms with Gasteiger partial charge in [0.2, 0.25) is 0 Å². The zero-order valence-corrected chi connectivity index (χ0v) is 10.1. The molecule has 17 heavy (non-hydrogen) atoms. The van der Waals surface area contributed by atoms with Crippen LogP contribution < -0.4 is 0 Å². The molecule has 0 radical (unpaired) electrons. The van der Waals surface area contributed by atoms with Gasteiger partial charge in [0.25, 0.3) is 0 Å². The summed E-state index contributed by atoms with van der Waals surface area (Å²) in [7, 11) is 0. The van der Waals surface area contributed by atoms with Crippen molar-refractivity contribution in [1.82, 2.24) is 0 Å². The van der Waals surface area contributed by atoms with Crippen LogP contribution in [-0.4, -0.2) is 18.4 Å². The first-order chi connectivity index (χ1) is 8.13. The van der Waals surface area contributed by atoms with Crippen molar-refractivity contribution in [2.45, 2.75) is 20.3 Å². The van der Waals surface area contributed by atoms with Gasteiger partial charge in [-0.1, -0.05) is 30.3 Å². The summed E-state index contributed by atoms with van der Waals surface area (Å²) < 4.78 is 4.92. The van der Waals surface area contributed by atoms with E-state index in [-0.39, 0.29) is 12.2 Å². The number of Topliss-reactive ketones (excluding diaryl/α,β-unsaturated/α-hetero) is 1. The van der Waals surface area contributed by atoms with Crippen molar-refractivity contribution in [3.63, 3.8) is 0 Å². The lowest BCUT2D eigenvalue weighted by Gasteiger charge is -2.05. The summed E-state index contributed by atoms with van der Waals surface area (Å²) in [6.45, 7) is 3.51. The van der Waals surface area contributed by atoms with Crippen molar-refractivity contribution >= 4 is 17.8 Å². The SMILES string of the molecule is CCOC(=O)/C(=C/c1ccccc1)CC(C)=O. The minimum atomic E-state index is -0.424. The van der Waals surface area contributed by atoms with Crippen LogP contribution in [0.4, 0.5) is 0 Å². The smallest absolute Gasteiger partial charge is 0.334 e. The highest BCUT2D eigenvalue weighted by Gasteiger charge is 2.12. The van der Waals surface area contributed by atoms with Crippen LogP contribution in [0.1, 0.15) is 25.8 Å². The zero-order chi connectivity index (χ0) is 12.7. The Bertz CT molecular complexity index is 418. The number of carbonyl (C=O) groups is 2. The standard InChI is InChI=1S/C14H16O3/c1-3-17-14(16)13(9-11(2)15)10-12-7-5-4-6-8-12/h4-8,10H,3,9H2,1-2H3/b13-10+. The Labute approximate surface area is 101 Å². The second-order valence-corrected chi connectivity index (χ2v) is 3.68. The highest BCUT2D eigenvalue weighted by atomic mass is 16.5. The van der Waals surface area contributed by atoms with Crippen LogP contribution in [0.15, 0.2) is 35.9 Å². The number of ether oxygens (including phenoxy) is 1. The number of esters is 1. The predicted octanol–water partition coefficient (Wildman–Crippen LogP) is 2.61. The Hall–Kier alpha value is -1.90. The molecular weight excluding hydrogens is 216 g/mol. The van der Waals surface area contributed by atoms with Crippen LogP contribution in [0.2, 0.25) is 0 Å². The van der Waals surface area contributed by atoms with E-state index in [0.717, 1.165) is 5.56 Å². The number of rotatable bonds is 5. The summed E-state index contributed by atoms with van der Waals surface area (Å²) >= 11 is 0. The maximum absolute atomic E-state index is 11.6. The van der Waals surface area contributed by atoms with Crippen LogP contribution in [0.25, 0.3) is 6.08 Å². The molecule has 0 atom stereocenters. The molecule has 0 spiro atoms. The Kier molecular flexibility index (Phi) is 5.14. The predicted molar refractivity (Wildman–Crippen MR) is 66.4 cm³/mol. The number of hydrogen-bond donors (Lipinski definition) is 0. The van der Waals surface area contributed by atoms with E-state index in [2.05, 4.69) is 0 Å². The number of hydrogen-bond acceptors (Lipinski definition) is 3. The van der Waals surface area contributed by atoms with E-state index in [9.17, 15) is 9.59 Å². The van der Waals surface area contributed by atoms with E-state index < -0.39 is 5.97 Å². The highest BCUT2D eigenvalue weighted by molar-refractivity contribution is 5.99. The molecule has 1 rings (SSSR count). The topological polar surface area (TPSA) is 43.4 Å². The van der Waals surface area contributed by atoms with Gasteiger partial charge in [0.1, 0.15) is 5.78 Å². The molecule has 0 saturated carbocycles. The van der Waals surface area contributed by atoms with Crippen LogP contribution in [0.5, 0.6) is 0 Å². The van der Waals surface area contributed by atoms with Gasteiger partial charge in [-0.2, -0.15) is 0 Å². The van der Waals surface area contributed by atoms with Gasteiger partial charge in [-0.05, 0) is 25.5 Å². The van der Waals surface area contributed by atoms with Gasteiger partial charge < -0.3 is 4.74 Å². The van der Waals surface area contributed by atoms with Gasteiger partial charge in [-0.15, -0.1) is 0 Å². The Morgan fingerprint density at radius 2 is 1.88 bits per heavy atom. The second-order valence-electron chi connectivity index (χ2n) is 3.68. The summed E-state index contributed by atoms with van der Waals surface area (Å²) in [6.07, 6.45) is 1.80. The molecule has 3 heteroatoms. The average Bonchev–Trinajstić information content (AvgIpc) is 2.29. The summed E-state index contributed by atoms with van der Waals surface area (Å²) in [6, 6.07) is 9.40. The lowest BCUT2D eigenvalue weighted by molar-refractivity contribution is -0.139. The minimum absolute atomic E-state index is 0.0553. The van der Waals surface area contributed by atoms with Gasteiger partial charge in [0.15, 0.2) is 0 Å². The minimum Gasteiger partial charge on any atom is -0.463 e. The molecular formula is C14H16O3. The summed E-state index contributed by atoms with van der Waals surface area (Å²) in [4.78, 5) is 22.7. The molecule has 0 aliphatic rings. The van der Waals surface area contributed by atoms with Gasteiger partial charge in [-0.25, -0.2) is 4.79 Å². The summed E-state index contributed by atoms with van der Waals surface area (Å²) in [5.74, 6) is -0.480. The zero-order valence-electron chi connectivity index (χ0n) is 10.1. The van der Waals surface area contributed by atoms with Gasteiger partial charge in [0.05, 0.1) is 6.61 Å². The third kappa shape index (κ3) is 4.64. The molecule has 1 aromatic carbocycles. The molecule has 0 unspecified atom stereocenters. The molecule has 0 aromatic heterocycles. The fourth-order valence-electron chi connectivity index (χ4n) is 1.42. The Balaban J connectivity index is 2.93. The highest BCUT2D eigenvalue weighted by Crippen LogP contribution is 2.12. The molecule has 0 bridgehead atoms. The first kappa shape index (κ1) is 13.2. The lowest BCUT2D eigenvalue weighted by atomic mass is 10.1. The number of benzene rings is 1. The maximum Gasteiger partial charge on any atom is 0.334 e. The third-order valence-electron chi connectivity index (χ3n) is 2.12. The number of carbonyl (C=O) groups excluding carboxylic acids is 2. The fraction of sp³-hybridized carbons (Fsp3) is 0.286. The Morgan fingerprint density at radius 3 is 2.41 bits per heavy atom. The van der Waals surface area contributed by atoms with Gasteiger partial charge >= 0.3 is 5.97 Å². The Morgan fingerprint density at radius 1 is 1.24 bits per heavy atom. The number of ketones is 1. The molecule has 0 aliphatic carbocycles. The third-order valence-corrected chi connectivity index (χ3v) is 2.12. The van der Waals surface area contributed by atoms with E-state index in [4.69, 9.17) is 4.74 Å². The lowest BCUT2D eigenvalue weighted by Crippen LogP contribution is -2.10. The van der Waals surface area contributed by atoms with Crippen LogP contribution >= 0.6 is 0 Å². The molecule has 90 valence electrons. The monoisotopic (exact) mass is 232 g/mol. The van der Waals surface area contributed by atoms with Crippen molar-refractivity contribution in [3.05, 3.63) is 41.5 Å². The van der Waals surface area contributed by atoms with E-state index in [1.807, 2.05) is 30.3 Å². The van der Waals surface area contributed by atoms with Crippen LogP contribution in [-0.2, 0) is 14.3 Å². The normalized spacial score (nSPS) is 11.1. The van der Waals surface area contributed by atoms with Gasteiger partial charge in [-0.3, -0.25) is 4.79 Å². The molecule has 0 fully saturated rings. The fourth-order valence-corrected chi connectivity index (χ4v) is 1.42. The average molecular weight is 232 g/mol. The van der Waals surface area contributed by atoms with Gasteiger partial charge in [0, 0.05) is 12.0 Å².